The van der Waals surface area contributed by atoms with Crippen molar-refractivity contribution in [2.24, 2.45) is 0 Å². The molecule has 0 unspecified atom stereocenters. The first-order chi connectivity index (χ1) is 15.8. The lowest BCUT2D eigenvalue weighted by Crippen LogP contribution is -1.88. The summed E-state index contributed by atoms with van der Waals surface area (Å²) in [5, 5.41) is 0. The number of aromatic nitrogens is 4. The topological polar surface area (TPSA) is 57.4 Å². The molecule has 0 radical (unpaired) electrons. The zero-order chi connectivity index (χ0) is 21.7. The van der Waals surface area contributed by atoms with Crippen LogP contribution in [0.4, 0.5) is 0 Å². The third-order valence-electron chi connectivity index (χ3n) is 6.45. The normalized spacial score (nSPS) is 16.7. The van der Waals surface area contributed by atoms with Gasteiger partial charge in [-0.05, 0) is 98.2 Å². The van der Waals surface area contributed by atoms with E-state index < -0.39 is 0 Å². The number of aromatic amines is 2. The van der Waals surface area contributed by atoms with E-state index in [0.29, 0.717) is 11.8 Å². The first-order valence-corrected chi connectivity index (χ1v) is 11.9. The Kier molecular flexibility index (Phi) is 4.60. The lowest BCUT2D eigenvalue weighted by Gasteiger charge is -2.00. The maximum absolute atomic E-state index is 4.97. The molecule has 0 atom stereocenters. The number of rotatable bonds is 2. The highest BCUT2D eigenvalue weighted by Gasteiger charge is 2.29. The van der Waals surface area contributed by atoms with E-state index >= 15 is 0 Å². The molecule has 2 aliphatic heterocycles. The van der Waals surface area contributed by atoms with Crippen LogP contribution in [0, 0.1) is 0 Å². The molecule has 8 bridgehead atoms. The average molecular weight is 421 g/mol. The van der Waals surface area contributed by atoms with Crippen LogP contribution in [0.3, 0.4) is 0 Å². The molecule has 0 aromatic carbocycles. The Bertz CT molecular complexity index is 1300. The Labute approximate surface area is 188 Å². The summed E-state index contributed by atoms with van der Waals surface area (Å²) in [4.78, 5) is 17.2. The van der Waals surface area contributed by atoms with Crippen molar-refractivity contribution in [1.82, 2.24) is 19.9 Å². The summed E-state index contributed by atoms with van der Waals surface area (Å²) < 4.78 is 0. The fourth-order valence-corrected chi connectivity index (χ4v) is 4.72. The molecule has 4 aliphatic rings. The zero-order valence-electron chi connectivity index (χ0n) is 18.7. The molecule has 7 rings (SSSR count). The number of H-pyrrole nitrogens is 2. The minimum Gasteiger partial charge on any atom is -0.355 e. The van der Waals surface area contributed by atoms with E-state index in [2.05, 4.69) is 70.7 Å². The number of nitrogens with zero attached hydrogens (tertiary/aromatic N) is 2. The van der Waals surface area contributed by atoms with Crippen LogP contribution in [0.5, 0.6) is 0 Å². The largest absolute Gasteiger partial charge is 0.355 e. The number of hydrogen-bond donors (Lipinski definition) is 2. The van der Waals surface area contributed by atoms with E-state index in [0.717, 1.165) is 33.8 Å². The van der Waals surface area contributed by atoms with Gasteiger partial charge in [-0.15, -0.1) is 0 Å². The molecule has 32 heavy (non-hydrogen) atoms. The molecule has 4 heteroatoms. The van der Waals surface area contributed by atoms with Crippen molar-refractivity contribution in [2.45, 2.75) is 51.4 Å². The van der Waals surface area contributed by atoms with Gasteiger partial charge in [0.25, 0.3) is 0 Å². The summed E-state index contributed by atoms with van der Waals surface area (Å²) in [6.07, 6.45) is 13.6. The van der Waals surface area contributed by atoms with Gasteiger partial charge in [-0.3, -0.25) is 0 Å². The number of nitrogens with one attached hydrogen (secondary N) is 2. The van der Waals surface area contributed by atoms with Crippen LogP contribution in [0.2, 0.25) is 0 Å². The highest BCUT2D eigenvalue weighted by Crippen LogP contribution is 2.45. The van der Waals surface area contributed by atoms with Crippen LogP contribution in [0.15, 0.2) is 36.4 Å². The van der Waals surface area contributed by atoms with E-state index in [9.17, 15) is 0 Å². The van der Waals surface area contributed by atoms with Crippen molar-refractivity contribution in [3.8, 4) is 0 Å². The molecule has 2 N–H and O–H groups in total. The lowest BCUT2D eigenvalue weighted by atomic mass is 10.1. The molecule has 2 saturated carbocycles. The van der Waals surface area contributed by atoms with Crippen LogP contribution in [-0.4, -0.2) is 19.9 Å². The van der Waals surface area contributed by atoms with Gasteiger partial charge in [-0.1, -0.05) is 13.8 Å². The van der Waals surface area contributed by atoms with Gasteiger partial charge in [0.15, 0.2) is 0 Å². The molecule has 4 nitrogen and oxygen atoms in total. The molecule has 2 fully saturated rings. The fraction of sp³-hybridized carbons (Fsp3) is 0.286. The summed E-state index contributed by atoms with van der Waals surface area (Å²) in [5.74, 6) is 1.21. The third-order valence-corrected chi connectivity index (χ3v) is 6.45. The van der Waals surface area contributed by atoms with Gasteiger partial charge in [0.2, 0.25) is 0 Å². The van der Waals surface area contributed by atoms with Crippen LogP contribution >= 0.6 is 0 Å². The van der Waals surface area contributed by atoms with Crippen molar-refractivity contribution >= 4 is 46.4 Å². The Morgan fingerprint density at radius 3 is 1.47 bits per heavy atom. The van der Waals surface area contributed by atoms with Gasteiger partial charge < -0.3 is 9.97 Å². The van der Waals surface area contributed by atoms with Gasteiger partial charge in [0.05, 0.1) is 22.8 Å². The molecular weight excluding hydrogens is 392 g/mol. The van der Waals surface area contributed by atoms with Crippen molar-refractivity contribution < 1.29 is 0 Å². The number of fused-ring (bicyclic) bond motifs is 8. The van der Waals surface area contributed by atoms with Crippen LogP contribution in [0.1, 0.15) is 85.3 Å². The van der Waals surface area contributed by atoms with Crippen molar-refractivity contribution in [2.75, 3.05) is 0 Å². The monoisotopic (exact) mass is 420 g/mol. The molecular formula is C28H28N4. The second-order valence-electron chi connectivity index (χ2n) is 8.83. The minimum absolute atomic E-state index is 0.606. The standard InChI is InChI=1S/C26H22N4.C2H6/c1-2-15(1)25-21-9-5-17(27-21)13-19-7-11-23(29-19)26(16-3-4-16)24-12-8-20(30-24)14-18-6-10-22(25)28-18;1-2/h5-16,27,30H,1-4H2;1-2H3. The third kappa shape index (κ3) is 3.50. The summed E-state index contributed by atoms with van der Waals surface area (Å²) in [7, 11) is 0. The maximum Gasteiger partial charge on any atom is 0.0693 e. The van der Waals surface area contributed by atoms with Gasteiger partial charge >= 0.3 is 0 Å². The van der Waals surface area contributed by atoms with Crippen LogP contribution in [-0.2, 0) is 0 Å². The van der Waals surface area contributed by atoms with E-state index in [1.165, 1.54) is 47.8 Å². The maximum atomic E-state index is 4.97. The highest BCUT2D eigenvalue weighted by atomic mass is 14.8. The van der Waals surface area contributed by atoms with Gasteiger partial charge in [-0.25, -0.2) is 9.97 Å². The predicted molar refractivity (Wildman–Crippen MR) is 134 cm³/mol. The molecule has 2 aliphatic carbocycles. The van der Waals surface area contributed by atoms with Crippen molar-refractivity contribution in [1.29, 1.82) is 0 Å². The summed E-state index contributed by atoms with van der Waals surface area (Å²) in [6, 6.07) is 13.0. The van der Waals surface area contributed by atoms with Gasteiger partial charge in [0.1, 0.15) is 0 Å². The molecule has 0 saturated heterocycles. The average Bonchev–Trinajstić information content (AvgIpc) is 3.58. The Morgan fingerprint density at radius 2 is 1.06 bits per heavy atom. The summed E-state index contributed by atoms with van der Waals surface area (Å²) in [5.41, 5.74) is 11.4. The molecule has 3 aromatic rings. The second kappa shape index (κ2) is 7.63. The first kappa shape index (κ1) is 19.3. The molecule has 5 heterocycles. The second-order valence-corrected chi connectivity index (χ2v) is 8.83. The fourth-order valence-electron chi connectivity index (χ4n) is 4.72. The Morgan fingerprint density at radius 1 is 0.625 bits per heavy atom. The summed E-state index contributed by atoms with van der Waals surface area (Å²) >= 11 is 0. The van der Waals surface area contributed by atoms with Gasteiger partial charge in [0, 0.05) is 33.2 Å². The SMILES string of the molecule is C1=Cc2nc1cc1ccc([nH]1)c(C1CC1)c1nc(cc3ccc([nH]3)c2C2CC2)C=C1.CC. The van der Waals surface area contributed by atoms with E-state index in [1.807, 2.05) is 13.8 Å². The lowest BCUT2D eigenvalue weighted by molar-refractivity contribution is 1.10. The smallest absolute Gasteiger partial charge is 0.0693 e. The molecule has 0 spiro atoms. The van der Waals surface area contributed by atoms with E-state index in [4.69, 9.17) is 9.97 Å². The Balaban J connectivity index is 0.000000953. The summed E-state index contributed by atoms with van der Waals surface area (Å²) in [6.45, 7) is 4.00. The van der Waals surface area contributed by atoms with Crippen molar-refractivity contribution in [3.05, 3.63) is 70.3 Å². The zero-order valence-corrected chi connectivity index (χ0v) is 18.7. The molecule has 0 amide bonds. The van der Waals surface area contributed by atoms with E-state index in [-0.39, 0.29) is 0 Å². The van der Waals surface area contributed by atoms with Gasteiger partial charge in [-0.2, -0.15) is 0 Å². The van der Waals surface area contributed by atoms with Crippen molar-refractivity contribution in [3.63, 3.8) is 0 Å². The van der Waals surface area contributed by atoms with Crippen LogP contribution < -0.4 is 0 Å². The molecule has 3 aromatic heterocycles. The minimum atomic E-state index is 0.606. The number of hydrogen-bond acceptors (Lipinski definition) is 2. The quantitative estimate of drug-likeness (QED) is 0.312. The Hall–Kier alpha value is -3.40. The highest BCUT2D eigenvalue weighted by molar-refractivity contribution is 5.81. The van der Waals surface area contributed by atoms with E-state index in [1.54, 1.807) is 0 Å². The first-order valence-electron chi connectivity index (χ1n) is 11.9. The molecule has 160 valence electrons. The van der Waals surface area contributed by atoms with Crippen LogP contribution in [0.25, 0.3) is 46.4 Å². The predicted octanol–water partition coefficient (Wildman–Crippen LogP) is 7.44.